The molecule has 2 atom stereocenters. The van der Waals surface area contributed by atoms with Gasteiger partial charge in [-0.3, -0.25) is 24.3 Å². The van der Waals surface area contributed by atoms with E-state index in [1.54, 1.807) is 17.0 Å². The number of amidine groups is 1. The highest BCUT2D eigenvalue weighted by molar-refractivity contribution is 9.10. The molecule has 0 radical (unpaired) electrons. The van der Waals surface area contributed by atoms with E-state index in [0.29, 0.717) is 23.7 Å². The number of carbonyl (C=O) groups is 4. The molecule has 2 aliphatic rings. The Labute approximate surface area is 274 Å². The number of nitrogens with zero attached hydrogens (tertiary/aromatic N) is 3. The number of benzene rings is 3. The van der Waals surface area contributed by atoms with Gasteiger partial charge in [-0.05, 0) is 68.3 Å². The summed E-state index contributed by atoms with van der Waals surface area (Å²) >= 11 is 9.92. The van der Waals surface area contributed by atoms with Crippen molar-refractivity contribution in [1.82, 2.24) is 15.1 Å². The van der Waals surface area contributed by atoms with Gasteiger partial charge < -0.3 is 20.1 Å². The Morgan fingerprint density at radius 3 is 2.44 bits per heavy atom. The molecule has 2 heterocycles. The topological polar surface area (TPSA) is 129 Å². The quantitative estimate of drug-likeness (QED) is 0.229. The predicted molar refractivity (Wildman–Crippen MR) is 173 cm³/mol. The lowest BCUT2D eigenvalue weighted by atomic mass is 9.93. The smallest absolute Gasteiger partial charge is 0.326 e. The van der Waals surface area contributed by atoms with Gasteiger partial charge in [0.05, 0.1) is 11.6 Å². The van der Waals surface area contributed by atoms with E-state index in [4.69, 9.17) is 21.3 Å². The summed E-state index contributed by atoms with van der Waals surface area (Å²) < 4.78 is 7.18. The summed E-state index contributed by atoms with van der Waals surface area (Å²) in [6.07, 6.45) is -0.681. The summed E-state index contributed by atoms with van der Waals surface area (Å²) in [4.78, 5) is 59.1. The number of hydrogen-bond donors (Lipinski definition) is 2. The van der Waals surface area contributed by atoms with Crippen molar-refractivity contribution in [3.05, 3.63) is 98.5 Å². The molecule has 3 aromatic rings. The van der Waals surface area contributed by atoms with Gasteiger partial charge in [0.1, 0.15) is 36.2 Å². The average Bonchev–Trinajstić information content (AvgIpc) is 3.36. The molecule has 234 valence electrons. The Balaban J connectivity index is 1.73. The number of piperazine rings is 1. The lowest BCUT2D eigenvalue weighted by Gasteiger charge is -2.36. The molecule has 2 N–H and O–H groups in total. The van der Waals surface area contributed by atoms with E-state index >= 15 is 0 Å². The zero-order valence-electron chi connectivity index (χ0n) is 24.9. The van der Waals surface area contributed by atoms with E-state index in [-0.39, 0.29) is 29.6 Å². The molecule has 5 rings (SSSR count). The highest BCUT2D eigenvalue weighted by Gasteiger charge is 2.45. The third-order valence-corrected chi connectivity index (χ3v) is 8.02. The Morgan fingerprint density at radius 1 is 1.07 bits per heavy atom. The SMILES string of the molecule is CC(C)(C)Oc1cc(C(=O)CC(=O)O)ccc1C1=NC(c2cccc(Cl)c2)C(c2ccc(Br)cc2)N1C(=O)N1CCNC(=O)C1. The summed E-state index contributed by atoms with van der Waals surface area (Å²) in [7, 11) is 0. The predicted octanol–water partition coefficient (Wildman–Crippen LogP) is 6.03. The summed E-state index contributed by atoms with van der Waals surface area (Å²) in [6.45, 7) is 6.02. The van der Waals surface area contributed by atoms with Crippen LogP contribution in [0.25, 0.3) is 0 Å². The number of rotatable bonds is 7. The van der Waals surface area contributed by atoms with E-state index in [2.05, 4.69) is 21.2 Å². The Bertz CT molecular complexity index is 1690. The number of ether oxygens (including phenoxy) is 1. The minimum Gasteiger partial charge on any atom is -0.487 e. The van der Waals surface area contributed by atoms with Crippen LogP contribution < -0.4 is 10.1 Å². The second kappa shape index (κ2) is 13.0. The van der Waals surface area contributed by atoms with E-state index in [1.807, 2.05) is 63.2 Å². The van der Waals surface area contributed by atoms with Crippen LogP contribution in [0, 0.1) is 0 Å². The van der Waals surface area contributed by atoms with Crippen molar-refractivity contribution in [2.75, 3.05) is 19.6 Å². The van der Waals surface area contributed by atoms with Crippen LogP contribution in [0.1, 0.15) is 66.3 Å². The second-order valence-corrected chi connectivity index (χ2v) is 13.1. The molecule has 0 bridgehead atoms. The standard InChI is InChI=1S/C33H32BrClN4O6/c1-33(2,3)45-26-16-20(25(40)17-28(42)43)9-12-24(26)31-37-29(21-5-4-6-23(35)15-21)30(19-7-10-22(34)11-8-19)39(31)32(44)38-14-13-36-27(41)18-38/h4-12,15-16,29-30H,13-14,17-18H2,1-3H3,(H,36,41)(H,42,43). The van der Waals surface area contributed by atoms with Crippen molar-refractivity contribution < 1.29 is 29.0 Å². The molecule has 0 saturated carbocycles. The molecule has 10 nitrogen and oxygen atoms in total. The number of Topliss-reactive ketones (excluding diaryl/α,β-unsaturated/α-hetero) is 1. The second-order valence-electron chi connectivity index (χ2n) is 11.8. The van der Waals surface area contributed by atoms with E-state index in [9.17, 15) is 24.3 Å². The highest BCUT2D eigenvalue weighted by Crippen LogP contribution is 2.46. The first-order valence-corrected chi connectivity index (χ1v) is 15.5. The fourth-order valence-corrected chi connectivity index (χ4v) is 5.84. The van der Waals surface area contributed by atoms with Gasteiger partial charge >= 0.3 is 12.0 Å². The fourth-order valence-electron chi connectivity index (χ4n) is 5.37. The highest BCUT2D eigenvalue weighted by atomic mass is 79.9. The van der Waals surface area contributed by atoms with Gasteiger partial charge in [0.15, 0.2) is 5.78 Å². The molecular weight excluding hydrogens is 664 g/mol. The molecule has 0 aliphatic carbocycles. The van der Waals surface area contributed by atoms with Crippen molar-refractivity contribution in [2.45, 2.75) is 44.9 Å². The number of carboxylic acids is 1. The van der Waals surface area contributed by atoms with Crippen LogP contribution in [0.4, 0.5) is 4.79 Å². The number of ketones is 1. The van der Waals surface area contributed by atoms with E-state index in [0.717, 1.165) is 15.6 Å². The molecule has 1 fully saturated rings. The van der Waals surface area contributed by atoms with Gasteiger partial charge in [0, 0.05) is 28.1 Å². The summed E-state index contributed by atoms with van der Waals surface area (Å²) in [5, 5.41) is 12.5. The Hall–Kier alpha value is -4.22. The molecule has 2 unspecified atom stereocenters. The maximum Gasteiger partial charge on any atom is 0.326 e. The van der Waals surface area contributed by atoms with Crippen LogP contribution in [0.2, 0.25) is 5.02 Å². The first kappa shape index (κ1) is 32.2. The summed E-state index contributed by atoms with van der Waals surface area (Å²) in [5.74, 6) is -1.56. The molecule has 1 saturated heterocycles. The maximum atomic E-state index is 14.5. The maximum absolute atomic E-state index is 14.5. The first-order chi connectivity index (χ1) is 21.3. The molecule has 45 heavy (non-hydrogen) atoms. The van der Waals surface area contributed by atoms with Crippen LogP contribution in [0.5, 0.6) is 5.75 Å². The van der Waals surface area contributed by atoms with Crippen LogP contribution in [-0.4, -0.2) is 69.7 Å². The van der Waals surface area contributed by atoms with Crippen molar-refractivity contribution in [1.29, 1.82) is 0 Å². The number of halogens is 2. The van der Waals surface area contributed by atoms with Crippen molar-refractivity contribution in [2.24, 2.45) is 4.99 Å². The third kappa shape index (κ3) is 7.37. The molecule has 0 aromatic heterocycles. The lowest BCUT2D eigenvalue weighted by Crippen LogP contribution is -2.55. The molecule has 2 aliphatic heterocycles. The average molecular weight is 696 g/mol. The van der Waals surface area contributed by atoms with Gasteiger partial charge in [-0.25, -0.2) is 4.79 Å². The van der Waals surface area contributed by atoms with Crippen molar-refractivity contribution in [3.63, 3.8) is 0 Å². The monoisotopic (exact) mass is 694 g/mol. The number of nitrogens with one attached hydrogen (secondary N) is 1. The largest absolute Gasteiger partial charge is 0.487 e. The molecular formula is C33H32BrClN4O6. The number of aliphatic carboxylic acids is 1. The summed E-state index contributed by atoms with van der Waals surface area (Å²) in [5.41, 5.74) is 1.42. The van der Waals surface area contributed by atoms with Gasteiger partial charge in [-0.1, -0.05) is 57.9 Å². The first-order valence-electron chi connectivity index (χ1n) is 14.3. The van der Waals surface area contributed by atoms with Crippen LogP contribution in [-0.2, 0) is 9.59 Å². The van der Waals surface area contributed by atoms with Crippen LogP contribution >= 0.6 is 27.5 Å². The number of carbonyl (C=O) groups excluding carboxylic acids is 3. The molecule has 3 amide bonds. The summed E-state index contributed by atoms with van der Waals surface area (Å²) in [6, 6.07) is 17.8. The van der Waals surface area contributed by atoms with Crippen molar-refractivity contribution >= 4 is 57.1 Å². The van der Waals surface area contributed by atoms with Crippen molar-refractivity contribution in [3.8, 4) is 5.75 Å². The van der Waals surface area contributed by atoms with Crippen LogP contribution in [0.3, 0.4) is 0 Å². The minimum absolute atomic E-state index is 0.120. The van der Waals surface area contributed by atoms with E-state index < -0.39 is 41.9 Å². The molecule has 12 heteroatoms. The van der Waals surface area contributed by atoms with Gasteiger partial charge in [0.25, 0.3) is 0 Å². The number of urea groups is 1. The Morgan fingerprint density at radius 2 is 1.80 bits per heavy atom. The number of aliphatic imine (C=N–C) groups is 1. The van der Waals surface area contributed by atoms with Gasteiger partial charge in [-0.2, -0.15) is 0 Å². The number of amides is 3. The van der Waals surface area contributed by atoms with Gasteiger partial charge in [-0.15, -0.1) is 0 Å². The zero-order valence-corrected chi connectivity index (χ0v) is 27.3. The zero-order chi connectivity index (χ0) is 32.5. The van der Waals surface area contributed by atoms with Gasteiger partial charge in [0.2, 0.25) is 5.91 Å². The number of hydrogen-bond acceptors (Lipinski definition) is 6. The molecule has 0 spiro atoms. The molecule has 3 aromatic carbocycles. The number of carboxylic acid groups (broad SMARTS) is 1. The lowest BCUT2D eigenvalue weighted by molar-refractivity contribution is -0.136. The minimum atomic E-state index is -1.24. The normalized spacial score (nSPS) is 18.3. The Kier molecular flexibility index (Phi) is 9.31. The third-order valence-electron chi connectivity index (χ3n) is 7.26. The fraction of sp³-hybridized carbons (Fsp3) is 0.303. The van der Waals surface area contributed by atoms with Crippen LogP contribution in [0.15, 0.2) is 76.2 Å². The van der Waals surface area contributed by atoms with E-state index in [1.165, 1.54) is 17.0 Å².